The first-order valence-electron chi connectivity index (χ1n) is 8.06. The lowest BCUT2D eigenvalue weighted by Gasteiger charge is -2.19. The molecule has 2 aromatic rings. The number of carboxylic acid groups (broad SMARTS) is 1. The summed E-state index contributed by atoms with van der Waals surface area (Å²) < 4.78 is 7.21. The third-order valence-electron chi connectivity index (χ3n) is 4.02. The molecule has 3 rings (SSSR count). The molecule has 2 heterocycles. The molecule has 27 heavy (non-hydrogen) atoms. The van der Waals surface area contributed by atoms with Crippen molar-refractivity contribution in [3.05, 3.63) is 43.7 Å². The number of rotatable bonds is 5. The highest BCUT2D eigenvalue weighted by Crippen LogP contribution is 2.33. The Balaban J connectivity index is 1.95. The second kappa shape index (κ2) is 7.45. The number of aromatic hydroxyl groups is 1. The van der Waals surface area contributed by atoms with Crippen LogP contribution in [0.2, 0.25) is 0 Å². The summed E-state index contributed by atoms with van der Waals surface area (Å²) in [5, 5.41) is 27.2. The third-order valence-corrected chi connectivity index (χ3v) is 5.41. The average Bonchev–Trinajstić information content (AvgIpc) is 2.86. The monoisotopic (exact) mass is 404 g/mol. The molecule has 1 aromatic carbocycles. The quantitative estimate of drug-likeness (QED) is 0.516. The highest BCUT2D eigenvalue weighted by atomic mass is 32.1. The number of carbonyl (C=O) groups excluding carboxylic acids is 1. The first-order chi connectivity index (χ1) is 12.8. The number of Topliss-reactive ketones (excluding diaryl/α,β-unsaturated/α-hetero) is 1. The lowest BCUT2D eigenvalue weighted by atomic mass is 9.97. The normalized spacial score (nSPS) is 14.9. The maximum absolute atomic E-state index is 12.8. The van der Waals surface area contributed by atoms with Crippen molar-refractivity contribution in [2.75, 3.05) is 0 Å². The van der Waals surface area contributed by atoms with E-state index in [0.29, 0.717) is 26.6 Å². The largest absolute Gasteiger partial charge is 0.493 e. The van der Waals surface area contributed by atoms with Crippen LogP contribution in [0.1, 0.15) is 33.6 Å². The Kier molecular flexibility index (Phi) is 5.24. The number of hydrogen-bond acceptors (Lipinski definition) is 7. The van der Waals surface area contributed by atoms with Gasteiger partial charge in [0.1, 0.15) is 5.75 Å². The van der Waals surface area contributed by atoms with Crippen LogP contribution < -0.4 is 4.74 Å². The van der Waals surface area contributed by atoms with Crippen LogP contribution in [0.5, 0.6) is 11.6 Å². The Morgan fingerprint density at radius 2 is 2.19 bits per heavy atom. The molecule has 0 radical (unpaired) electrons. The summed E-state index contributed by atoms with van der Waals surface area (Å²) in [6.45, 7) is 2.10. The number of benzene rings is 1. The molecule has 0 saturated carbocycles. The fourth-order valence-electron chi connectivity index (χ4n) is 2.68. The zero-order chi connectivity index (χ0) is 19.7. The SMILES string of the molecule is Cc1ccc2c(c1)C(=O)C(=Cc1sc(=S)n(CCCC(=O)O)c1O)C(=N)O2. The molecule has 0 fully saturated rings. The standard InChI is InChI=1S/C18H16N2O5S2/c1-9-4-5-12-10(7-9)15(23)11(16(19)25-12)8-13-17(24)20(18(26)27-13)6-2-3-14(21)22/h4-5,7-8,19,24H,2-3,6H2,1H3,(H,21,22). The van der Waals surface area contributed by atoms with Gasteiger partial charge >= 0.3 is 5.97 Å². The van der Waals surface area contributed by atoms with Gasteiger partial charge in [0.05, 0.1) is 16.0 Å². The lowest BCUT2D eigenvalue weighted by molar-refractivity contribution is -0.137. The number of carbonyl (C=O) groups is 2. The summed E-state index contributed by atoms with van der Waals surface area (Å²) in [5.41, 5.74) is 1.28. The van der Waals surface area contributed by atoms with Crippen LogP contribution in [0.4, 0.5) is 0 Å². The predicted molar refractivity (Wildman–Crippen MR) is 104 cm³/mol. The van der Waals surface area contributed by atoms with Gasteiger partial charge in [-0.15, -0.1) is 11.3 Å². The molecule has 0 aliphatic carbocycles. The van der Waals surface area contributed by atoms with Crippen LogP contribution in [-0.2, 0) is 11.3 Å². The van der Waals surface area contributed by atoms with E-state index >= 15 is 0 Å². The molecule has 1 aliphatic heterocycles. The van der Waals surface area contributed by atoms with E-state index in [1.165, 1.54) is 10.6 Å². The van der Waals surface area contributed by atoms with Gasteiger partial charge in [-0.25, -0.2) is 0 Å². The number of ketones is 1. The zero-order valence-corrected chi connectivity index (χ0v) is 15.9. The summed E-state index contributed by atoms with van der Waals surface area (Å²) in [4.78, 5) is 23.7. The third kappa shape index (κ3) is 3.83. The number of aryl methyl sites for hydroxylation is 1. The van der Waals surface area contributed by atoms with Crippen molar-refractivity contribution in [2.24, 2.45) is 0 Å². The molecule has 0 amide bonds. The van der Waals surface area contributed by atoms with E-state index in [0.717, 1.165) is 16.9 Å². The smallest absolute Gasteiger partial charge is 0.303 e. The lowest BCUT2D eigenvalue weighted by Crippen LogP contribution is -2.24. The van der Waals surface area contributed by atoms with Crippen molar-refractivity contribution < 1.29 is 24.5 Å². The Hall–Kier alpha value is -2.78. The topological polar surface area (TPSA) is 113 Å². The number of thiazole rings is 1. The number of carboxylic acids is 1. The first-order valence-corrected chi connectivity index (χ1v) is 9.28. The number of hydrogen-bond donors (Lipinski definition) is 3. The van der Waals surface area contributed by atoms with Crippen LogP contribution in [0.15, 0.2) is 23.8 Å². The molecular formula is C18H16N2O5S2. The number of fused-ring (bicyclic) bond motifs is 1. The van der Waals surface area contributed by atoms with Crippen LogP contribution >= 0.6 is 23.6 Å². The summed E-state index contributed by atoms with van der Waals surface area (Å²) >= 11 is 6.30. The van der Waals surface area contributed by atoms with Gasteiger partial charge in [-0.1, -0.05) is 11.6 Å². The molecule has 1 aromatic heterocycles. The minimum Gasteiger partial charge on any atom is -0.493 e. The fourth-order valence-corrected chi connectivity index (χ4v) is 3.98. The van der Waals surface area contributed by atoms with Gasteiger partial charge in [0.25, 0.3) is 0 Å². The number of nitrogens with zero attached hydrogens (tertiary/aromatic N) is 1. The maximum Gasteiger partial charge on any atom is 0.303 e. The van der Waals surface area contributed by atoms with Gasteiger partial charge in [-0.05, 0) is 43.8 Å². The molecule has 3 N–H and O–H groups in total. The van der Waals surface area contributed by atoms with E-state index in [1.54, 1.807) is 18.2 Å². The van der Waals surface area contributed by atoms with E-state index in [2.05, 4.69) is 0 Å². The predicted octanol–water partition coefficient (Wildman–Crippen LogP) is 3.79. The number of aromatic nitrogens is 1. The van der Waals surface area contributed by atoms with Gasteiger partial charge in [0, 0.05) is 13.0 Å². The molecule has 0 bridgehead atoms. The number of ether oxygens (including phenoxy) is 1. The van der Waals surface area contributed by atoms with E-state index < -0.39 is 5.97 Å². The van der Waals surface area contributed by atoms with Crippen LogP contribution in [0.3, 0.4) is 0 Å². The fraction of sp³-hybridized carbons (Fsp3) is 0.222. The molecule has 140 valence electrons. The summed E-state index contributed by atoms with van der Waals surface area (Å²) in [5.74, 6) is -1.41. The zero-order valence-electron chi connectivity index (χ0n) is 14.3. The van der Waals surface area contributed by atoms with E-state index in [1.807, 2.05) is 6.92 Å². The second-order valence-corrected chi connectivity index (χ2v) is 7.70. The van der Waals surface area contributed by atoms with Crippen molar-refractivity contribution in [1.29, 1.82) is 5.41 Å². The maximum atomic E-state index is 12.8. The Bertz CT molecular complexity index is 1050. The molecular weight excluding hydrogens is 388 g/mol. The Morgan fingerprint density at radius 3 is 2.89 bits per heavy atom. The minimum atomic E-state index is -0.925. The van der Waals surface area contributed by atoms with Gasteiger partial charge in [-0.3, -0.25) is 19.6 Å². The number of nitrogens with one attached hydrogen (secondary N) is 1. The molecule has 0 saturated heterocycles. The van der Waals surface area contributed by atoms with Gasteiger partial charge < -0.3 is 14.9 Å². The highest BCUT2D eigenvalue weighted by molar-refractivity contribution is 7.73. The minimum absolute atomic E-state index is 0.0253. The van der Waals surface area contributed by atoms with Crippen molar-refractivity contribution in [3.63, 3.8) is 0 Å². The molecule has 0 atom stereocenters. The van der Waals surface area contributed by atoms with E-state index in [4.69, 9.17) is 27.5 Å². The van der Waals surface area contributed by atoms with E-state index in [9.17, 15) is 14.7 Å². The molecule has 0 unspecified atom stereocenters. The molecule has 9 heteroatoms. The van der Waals surface area contributed by atoms with Gasteiger partial charge in [0.2, 0.25) is 17.6 Å². The Morgan fingerprint density at radius 1 is 1.44 bits per heavy atom. The van der Waals surface area contributed by atoms with Gasteiger partial charge in [-0.2, -0.15) is 0 Å². The summed E-state index contributed by atoms with van der Waals surface area (Å²) in [7, 11) is 0. The van der Waals surface area contributed by atoms with Gasteiger partial charge in [0.15, 0.2) is 3.95 Å². The first kappa shape index (κ1) is 19.0. The number of aliphatic carboxylic acids is 1. The van der Waals surface area contributed by atoms with Crippen LogP contribution in [0, 0.1) is 16.3 Å². The van der Waals surface area contributed by atoms with Crippen LogP contribution in [-0.4, -0.2) is 32.4 Å². The van der Waals surface area contributed by atoms with E-state index in [-0.39, 0.29) is 36.1 Å². The van der Waals surface area contributed by atoms with Crippen molar-refractivity contribution in [3.8, 4) is 11.6 Å². The van der Waals surface area contributed by atoms with Crippen molar-refractivity contribution in [2.45, 2.75) is 26.3 Å². The van der Waals surface area contributed by atoms with Crippen molar-refractivity contribution >= 4 is 47.3 Å². The molecule has 0 spiro atoms. The second-order valence-electron chi connectivity index (χ2n) is 6.02. The molecule has 7 nitrogen and oxygen atoms in total. The summed E-state index contributed by atoms with van der Waals surface area (Å²) in [6.07, 6.45) is 1.66. The molecule has 1 aliphatic rings. The highest BCUT2D eigenvalue weighted by Gasteiger charge is 2.29. The average molecular weight is 404 g/mol. The van der Waals surface area contributed by atoms with Crippen molar-refractivity contribution in [1.82, 2.24) is 4.57 Å². The summed E-state index contributed by atoms with van der Waals surface area (Å²) in [6, 6.07) is 5.13. The Labute approximate surface area is 163 Å². The van der Waals surface area contributed by atoms with Crippen LogP contribution in [0.25, 0.3) is 6.08 Å².